The molecule has 0 radical (unpaired) electrons. The first-order valence-electron chi connectivity index (χ1n) is 7.19. The second kappa shape index (κ2) is 7.31. The molecule has 0 bridgehead atoms. The van der Waals surface area contributed by atoms with Crippen LogP contribution in [0.4, 0.5) is 0 Å². The summed E-state index contributed by atoms with van der Waals surface area (Å²) in [5, 5.41) is 12.5. The van der Waals surface area contributed by atoms with E-state index in [0.29, 0.717) is 10.0 Å². The minimum absolute atomic E-state index is 0.245. The van der Waals surface area contributed by atoms with Gasteiger partial charge >= 0.3 is 5.97 Å². The number of hydrogen-bond donors (Lipinski definition) is 0. The molecule has 0 aliphatic carbocycles. The summed E-state index contributed by atoms with van der Waals surface area (Å²) in [7, 11) is 0. The van der Waals surface area contributed by atoms with Gasteiger partial charge in [-0.25, -0.2) is 9.78 Å². The summed E-state index contributed by atoms with van der Waals surface area (Å²) < 4.78 is 5.93. The Kier molecular flexibility index (Phi) is 5.13. The predicted octanol–water partition coefficient (Wildman–Crippen LogP) is 4.35. The number of carbonyl (C=O) groups excluding carboxylic acids is 2. The third-order valence-corrected chi connectivity index (χ3v) is 6.08. The number of fused-ring (bicyclic) bond motifs is 1. The molecule has 2 aromatic heterocycles. The number of thiazole rings is 1. The number of carbonyl (C=O) groups is 2. The number of aromatic nitrogens is 1. The van der Waals surface area contributed by atoms with E-state index in [2.05, 4.69) is 4.98 Å². The fourth-order valence-corrected chi connectivity index (χ4v) is 4.46. The summed E-state index contributed by atoms with van der Waals surface area (Å²) in [6, 6.07) is 9.25. The number of nitrogens with zero attached hydrogens (tertiary/aromatic N) is 2. The Morgan fingerprint density at radius 2 is 2.16 bits per heavy atom. The van der Waals surface area contributed by atoms with E-state index in [4.69, 9.17) is 16.3 Å². The summed E-state index contributed by atoms with van der Waals surface area (Å²) in [6.07, 6.45) is 0. The normalized spacial score (nSPS) is 11.9. The second-order valence-corrected chi connectivity index (χ2v) is 7.49. The van der Waals surface area contributed by atoms with Crippen molar-refractivity contribution in [2.24, 2.45) is 0 Å². The van der Waals surface area contributed by atoms with Crippen molar-refractivity contribution >= 4 is 56.1 Å². The van der Waals surface area contributed by atoms with Crippen LogP contribution in [-0.2, 0) is 9.53 Å². The van der Waals surface area contributed by atoms with Gasteiger partial charge in [0.15, 0.2) is 18.3 Å². The minimum atomic E-state index is -1.04. The van der Waals surface area contributed by atoms with E-state index >= 15 is 0 Å². The number of Topliss-reactive ketones (excluding diaryl/α,β-unsaturated/α-hetero) is 1. The molecule has 0 saturated carbocycles. The van der Waals surface area contributed by atoms with Crippen molar-refractivity contribution in [1.29, 1.82) is 5.26 Å². The maximum Gasteiger partial charge on any atom is 0.350 e. The average molecular weight is 391 g/mol. The zero-order valence-corrected chi connectivity index (χ0v) is 15.4. The maximum absolute atomic E-state index is 12.2. The lowest BCUT2D eigenvalue weighted by Crippen LogP contribution is -2.19. The number of ketones is 1. The molecule has 25 heavy (non-hydrogen) atoms. The van der Waals surface area contributed by atoms with Gasteiger partial charge in [-0.3, -0.25) is 4.79 Å². The lowest BCUT2D eigenvalue weighted by atomic mass is 10.1. The summed E-state index contributed by atoms with van der Waals surface area (Å²) in [6.45, 7) is 1.28. The van der Waals surface area contributed by atoms with Gasteiger partial charge in [0, 0.05) is 21.2 Å². The van der Waals surface area contributed by atoms with E-state index in [9.17, 15) is 14.9 Å². The Labute approximate surface area is 156 Å². The first-order valence-corrected chi connectivity index (χ1v) is 9.27. The van der Waals surface area contributed by atoms with Crippen LogP contribution < -0.4 is 0 Å². The van der Waals surface area contributed by atoms with Crippen molar-refractivity contribution in [1.82, 2.24) is 4.98 Å². The topological polar surface area (TPSA) is 80.0 Å². The zero-order valence-electron chi connectivity index (χ0n) is 13.0. The molecule has 1 aromatic carbocycles. The van der Waals surface area contributed by atoms with Crippen LogP contribution >= 0.6 is 34.3 Å². The van der Waals surface area contributed by atoms with Gasteiger partial charge in [-0.2, -0.15) is 5.26 Å². The van der Waals surface area contributed by atoms with Crippen molar-refractivity contribution in [2.75, 3.05) is 6.61 Å². The molecule has 2 heterocycles. The summed E-state index contributed by atoms with van der Waals surface area (Å²) >= 11 is 8.66. The molecular weight excluding hydrogens is 380 g/mol. The molecule has 5 nitrogen and oxygen atoms in total. The van der Waals surface area contributed by atoms with Crippen LogP contribution in [0.3, 0.4) is 0 Å². The summed E-state index contributed by atoms with van der Waals surface area (Å²) in [5.74, 6) is -2.22. The molecule has 0 spiro atoms. The number of hydrogen-bond acceptors (Lipinski definition) is 7. The highest BCUT2D eigenvalue weighted by molar-refractivity contribution is 7.21. The number of nitriles is 1. The molecule has 126 valence electrons. The number of aryl methyl sites for hydroxylation is 1. The highest BCUT2D eigenvalue weighted by Gasteiger charge is 2.26. The summed E-state index contributed by atoms with van der Waals surface area (Å²) in [4.78, 5) is 28.9. The first-order chi connectivity index (χ1) is 12.0. The lowest BCUT2D eigenvalue weighted by molar-refractivity contribution is -0.122. The monoisotopic (exact) mass is 390 g/mol. The molecule has 3 rings (SSSR count). The van der Waals surface area contributed by atoms with Crippen molar-refractivity contribution in [2.45, 2.75) is 12.8 Å². The Hall–Kier alpha value is -2.27. The van der Waals surface area contributed by atoms with E-state index in [0.717, 1.165) is 15.8 Å². The van der Waals surface area contributed by atoms with E-state index in [1.807, 2.05) is 30.3 Å². The summed E-state index contributed by atoms with van der Waals surface area (Å²) in [5.41, 5.74) is 0.738. The molecule has 0 aliphatic rings. The maximum atomic E-state index is 12.2. The SMILES string of the molecule is Cc1csc([C@H](C#N)C(=O)COC(=O)c2sc3ccccc3c2Cl)n1. The number of ether oxygens (including phenoxy) is 1. The van der Waals surface area contributed by atoms with Crippen LogP contribution in [-0.4, -0.2) is 23.3 Å². The molecule has 0 amide bonds. The van der Waals surface area contributed by atoms with E-state index < -0.39 is 24.3 Å². The Balaban J connectivity index is 1.71. The Morgan fingerprint density at radius 3 is 2.80 bits per heavy atom. The molecule has 0 saturated heterocycles. The zero-order chi connectivity index (χ0) is 18.0. The predicted molar refractivity (Wildman–Crippen MR) is 97.3 cm³/mol. The van der Waals surface area contributed by atoms with Crippen LogP contribution in [0.1, 0.15) is 26.3 Å². The number of benzene rings is 1. The van der Waals surface area contributed by atoms with Crippen LogP contribution in [0.5, 0.6) is 0 Å². The molecule has 8 heteroatoms. The van der Waals surface area contributed by atoms with Crippen LogP contribution in [0.2, 0.25) is 5.02 Å². The van der Waals surface area contributed by atoms with Gasteiger partial charge < -0.3 is 4.74 Å². The highest BCUT2D eigenvalue weighted by Crippen LogP contribution is 2.35. The number of rotatable bonds is 5. The van der Waals surface area contributed by atoms with Crippen molar-refractivity contribution in [3.63, 3.8) is 0 Å². The fraction of sp³-hybridized carbons (Fsp3) is 0.176. The quantitative estimate of drug-likeness (QED) is 0.605. The van der Waals surface area contributed by atoms with Crippen LogP contribution in [0.15, 0.2) is 29.6 Å². The van der Waals surface area contributed by atoms with Gasteiger partial charge in [-0.05, 0) is 13.0 Å². The average Bonchev–Trinajstić information content (AvgIpc) is 3.18. The van der Waals surface area contributed by atoms with Gasteiger partial charge in [-0.15, -0.1) is 22.7 Å². The van der Waals surface area contributed by atoms with Crippen molar-refractivity contribution < 1.29 is 14.3 Å². The molecule has 3 aromatic rings. The smallest absolute Gasteiger partial charge is 0.350 e. The number of halogens is 1. The van der Waals surface area contributed by atoms with Crippen molar-refractivity contribution in [3.05, 3.63) is 50.2 Å². The molecule has 0 fully saturated rings. The van der Waals surface area contributed by atoms with Crippen LogP contribution in [0.25, 0.3) is 10.1 Å². The Morgan fingerprint density at radius 1 is 1.40 bits per heavy atom. The van der Waals surface area contributed by atoms with Gasteiger partial charge in [0.05, 0.1) is 11.1 Å². The second-order valence-electron chi connectivity index (χ2n) is 5.17. The number of esters is 1. The molecule has 1 atom stereocenters. The highest BCUT2D eigenvalue weighted by atomic mass is 35.5. The van der Waals surface area contributed by atoms with E-state index in [1.54, 1.807) is 12.3 Å². The standard InChI is InChI=1S/C17H11ClN2O3S2/c1-9-8-24-16(20-9)11(6-19)12(21)7-23-17(22)15-14(18)10-4-2-3-5-13(10)25-15/h2-5,8,11H,7H2,1H3/t11-/m1/s1. The number of thiophene rings is 1. The van der Waals surface area contributed by atoms with E-state index in [-0.39, 0.29) is 4.88 Å². The van der Waals surface area contributed by atoms with Gasteiger partial charge in [0.2, 0.25) is 0 Å². The van der Waals surface area contributed by atoms with Crippen LogP contribution in [0, 0.1) is 18.3 Å². The third-order valence-electron chi connectivity index (χ3n) is 3.40. The fourth-order valence-electron chi connectivity index (χ4n) is 2.20. The van der Waals surface area contributed by atoms with Gasteiger partial charge in [-0.1, -0.05) is 29.8 Å². The van der Waals surface area contributed by atoms with E-state index in [1.165, 1.54) is 22.7 Å². The minimum Gasteiger partial charge on any atom is -0.453 e. The van der Waals surface area contributed by atoms with Crippen molar-refractivity contribution in [3.8, 4) is 6.07 Å². The lowest BCUT2D eigenvalue weighted by Gasteiger charge is -2.06. The first kappa shape index (κ1) is 17.5. The molecular formula is C17H11ClN2O3S2. The molecule has 0 aliphatic heterocycles. The molecule has 0 unspecified atom stereocenters. The molecule has 0 N–H and O–H groups in total. The third kappa shape index (κ3) is 3.56. The largest absolute Gasteiger partial charge is 0.453 e. The van der Waals surface area contributed by atoms with Gasteiger partial charge in [0.1, 0.15) is 9.88 Å². The Bertz CT molecular complexity index is 1000. The van der Waals surface area contributed by atoms with Gasteiger partial charge in [0.25, 0.3) is 0 Å².